The van der Waals surface area contributed by atoms with Crippen LogP contribution in [0.5, 0.6) is 0 Å². The fourth-order valence-corrected chi connectivity index (χ4v) is 3.81. The molecule has 5 rings (SSSR count). The zero-order valence-electron chi connectivity index (χ0n) is 18.7. The molecule has 0 atom stereocenters. The van der Waals surface area contributed by atoms with Gasteiger partial charge in [-0.05, 0) is 55.0 Å². The minimum Gasteiger partial charge on any atom is -0.341 e. The topological polar surface area (TPSA) is 76.2 Å². The first-order valence-electron chi connectivity index (χ1n) is 11.0. The van der Waals surface area contributed by atoms with Gasteiger partial charge in [-0.1, -0.05) is 24.8 Å². The second kappa shape index (κ2) is 9.54. The number of rotatable bonds is 6. The first-order valence-corrected chi connectivity index (χ1v) is 11.0. The molecule has 1 aliphatic heterocycles. The van der Waals surface area contributed by atoms with Gasteiger partial charge in [0.15, 0.2) is 5.82 Å². The molecule has 4 aromatic rings. The Bertz CT molecular complexity index is 1280. The molecule has 0 saturated carbocycles. The number of hydrogen-bond acceptors (Lipinski definition) is 6. The average molecular weight is 458 g/mol. The van der Waals surface area contributed by atoms with Crippen LogP contribution in [0.15, 0.2) is 79.0 Å². The summed E-state index contributed by atoms with van der Waals surface area (Å²) in [5, 5.41) is 0. The summed E-state index contributed by atoms with van der Waals surface area (Å²) in [4.78, 5) is 19.4. The standard InChI is InChI=1S/C26H24FN5O2/c1-3-32(20-7-5-4-6-8-20)26-28-14-13-21(29-26)23-22(18-9-11-19(27)12-10-18)30-24(31-23)25-33-15-17(2)16-34-25/h4-14,25H,2-3,15-16H2,1H3,(H,30,31). The summed E-state index contributed by atoms with van der Waals surface area (Å²) >= 11 is 0. The van der Waals surface area contributed by atoms with Gasteiger partial charge in [0.05, 0.1) is 30.3 Å². The van der Waals surface area contributed by atoms with Gasteiger partial charge in [0.2, 0.25) is 12.2 Å². The lowest BCUT2D eigenvalue weighted by molar-refractivity contribution is -0.165. The Hall–Kier alpha value is -3.88. The maximum absolute atomic E-state index is 13.6. The third-order valence-corrected chi connectivity index (χ3v) is 5.47. The molecular formula is C26H24FN5O2. The molecule has 7 nitrogen and oxygen atoms in total. The summed E-state index contributed by atoms with van der Waals surface area (Å²) in [5.41, 5.74) is 4.55. The number of benzene rings is 2. The maximum atomic E-state index is 13.6. The second-order valence-electron chi connectivity index (χ2n) is 7.88. The van der Waals surface area contributed by atoms with E-state index in [1.807, 2.05) is 48.2 Å². The number of para-hydroxylation sites is 1. The summed E-state index contributed by atoms with van der Waals surface area (Å²) in [6, 6.07) is 18.0. The Balaban J connectivity index is 1.57. The predicted octanol–water partition coefficient (Wildman–Crippen LogP) is 5.43. The highest BCUT2D eigenvalue weighted by Crippen LogP contribution is 2.34. The van der Waals surface area contributed by atoms with Crippen molar-refractivity contribution in [1.82, 2.24) is 19.9 Å². The SMILES string of the molecule is C=C1COC(c2nc(-c3ccc(F)cc3)c(-c3ccnc(N(CC)c4ccccc4)n3)[nH]2)OC1. The molecule has 0 radical (unpaired) electrons. The first-order chi connectivity index (χ1) is 16.6. The quantitative estimate of drug-likeness (QED) is 0.389. The summed E-state index contributed by atoms with van der Waals surface area (Å²) in [7, 11) is 0. The fourth-order valence-electron chi connectivity index (χ4n) is 3.81. The monoisotopic (exact) mass is 457 g/mol. The van der Waals surface area contributed by atoms with Crippen molar-refractivity contribution in [2.45, 2.75) is 13.2 Å². The molecule has 8 heteroatoms. The first kappa shape index (κ1) is 21.9. The van der Waals surface area contributed by atoms with Gasteiger partial charge in [0.1, 0.15) is 5.82 Å². The molecule has 2 aromatic carbocycles. The van der Waals surface area contributed by atoms with Crippen LogP contribution < -0.4 is 4.90 Å². The summed E-state index contributed by atoms with van der Waals surface area (Å²) in [6.45, 7) is 7.42. The largest absolute Gasteiger partial charge is 0.341 e. The minimum atomic E-state index is -0.656. The van der Waals surface area contributed by atoms with Crippen molar-refractivity contribution in [2.75, 3.05) is 24.7 Å². The molecule has 172 valence electrons. The Kier molecular flexibility index (Phi) is 6.16. The normalized spacial score (nSPS) is 14.4. The van der Waals surface area contributed by atoms with Crippen molar-refractivity contribution >= 4 is 11.6 Å². The number of nitrogens with zero attached hydrogens (tertiary/aromatic N) is 4. The van der Waals surface area contributed by atoms with Crippen LogP contribution in [0, 0.1) is 5.82 Å². The molecule has 0 spiro atoms. The van der Waals surface area contributed by atoms with Crippen LogP contribution >= 0.6 is 0 Å². The third kappa shape index (κ3) is 4.46. The van der Waals surface area contributed by atoms with E-state index < -0.39 is 6.29 Å². The summed E-state index contributed by atoms with van der Waals surface area (Å²) in [6.07, 6.45) is 1.06. The second-order valence-corrected chi connectivity index (χ2v) is 7.88. The highest BCUT2D eigenvalue weighted by molar-refractivity contribution is 5.77. The number of anilines is 2. The number of aromatic nitrogens is 4. The number of ether oxygens (including phenoxy) is 2. The van der Waals surface area contributed by atoms with E-state index in [0.717, 1.165) is 16.8 Å². The van der Waals surface area contributed by atoms with Crippen molar-refractivity contribution in [3.05, 3.63) is 90.7 Å². The molecule has 0 bridgehead atoms. The summed E-state index contributed by atoms with van der Waals surface area (Å²) in [5.74, 6) is 0.760. The van der Waals surface area contributed by atoms with Gasteiger partial charge in [-0.2, -0.15) is 0 Å². The van der Waals surface area contributed by atoms with Gasteiger partial charge in [0, 0.05) is 24.0 Å². The van der Waals surface area contributed by atoms with Crippen LogP contribution in [0.4, 0.5) is 16.0 Å². The van der Waals surface area contributed by atoms with E-state index in [1.54, 1.807) is 18.3 Å². The molecular weight excluding hydrogens is 433 g/mol. The molecule has 1 fully saturated rings. The third-order valence-electron chi connectivity index (χ3n) is 5.47. The Morgan fingerprint density at radius 3 is 2.47 bits per heavy atom. The molecule has 1 aliphatic rings. The van der Waals surface area contributed by atoms with E-state index in [1.165, 1.54) is 12.1 Å². The van der Waals surface area contributed by atoms with Crippen LogP contribution in [0.3, 0.4) is 0 Å². The number of nitrogens with one attached hydrogen (secondary N) is 1. The van der Waals surface area contributed by atoms with Gasteiger partial charge in [0.25, 0.3) is 0 Å². The van der Waals surface area contributed by atoms with Crippen LogP contribution in [0.1, 0.15) is 19.0 Å². The van der Waals surface area contributed by atoms with Gasteiger partial charge >= 0.3 is 0 Å². The van der Waals surface area contributed by atoms with Gasteiger partial charge < -0.3 is 19.4 Å². The van der Waals surface area contributed by atoms with Crippen molar-refractivity contribution in [3.63, 3.8) is 0 Å². The predicted molar refractivity (Wildman–Crippen MR) is 128 cm³/mol. The number of halogens is 1. The van der Waals surface area contributed by atoms with Crippen LogP contribution in [-0.4, -0.2) is 39.7 Å². The highest BCUT2D eigenvalue weighted by atomic mass is 19.1. The Morgan fingerprint density at radius 2 is 1.76 bits per heavy atom. The van der Waals surface area contributed by atoms with Crippen LogP contribution in [-0.2, 0) is 9.47 Å². The van der Waals surface area contributed by atoms with E-state index >= 15 is 0 Å². The molecule has 2 aromatic heterocycles. The molecule has 0 unspecified atom stereocenters. The molecule has 0 amide bonds. The lowest BCUT2D eigenvalue weighted by Crippen LogP contribution is -2.20. The maximum Gasteiger partial charge on any atom is 0.230 e. The fraction of sp³-hybridized carbons (Fsp3) is 0.192. The number of imidazole rings is 1. The smallest absolute Gasteiger partial charge is 0.230 e. The zero-order chi connectivity index (χ0) is 23.5. The Labute approximate surface area is 196 Å². The van der Waals surface area contributed by atoms with Crippen molar-refractivity contribution in [3.8, 4) is 22.6 Å². The molecule has 3 heterocycles. The van der Waals surface area contributed by atoms with Gasteiger partial charge in [-0.3, -0.25) is 0 Å². The van der Waals surface area contributed by atoms with Crippen molar-refractivity contribution in [2.24, 2.45) is 0 Å². The molecule has 34 heavy (non-hydrogen) atoms. The Morgan fingerprint density at radius 1 is 1.03 bits per heavy atom. The minimum absolute atomic E-state index is 0.315. The van der Waals surface area contributed by atoms with E-state index in [4.69, 9.17) is 19.4 Å². The number of hydrogen-bond donors (Lipinski definition) is 1. The lowest BCUT2D eigenvalue weighted by atomic mass is 10.1. The molecule has 1 N–H and O–H groups in total. The molecule has 0 aliphatic carbocycles. The zero-order valence-corrected chi connectivity index (χ0v) is 18.7. The van der Waals surface area contributed by atoms with Crippen LogP contribution in [0.2, 0.25) is 0 Å². The van der Waals surface area contributed by atoms with E-state index in [9.17, 15) is 4.39 Å². The number of aromatic amines is 1. The number of H-pyrrole nitrogens is 1. The van der Waals surface area contributed by atoms with Crippen LogP contribution in [0.25, 0.3) is 22.6 Å². The molecule has 1 saturated heterocycles. The van der Waals surface area contributed by atoms with E-state index in [2.05, 4.69) is 16.5 Å². The van der Waals surface area contributed by atoms with Gasteiger partial charge in [-0.25, -0.2) is 19.3 Å². The van der Waals surface area contributed by atoms with Gasteiger partial charge in [-0.15, -0.1) is 0 Å². The van der Waals surface area contributed by atoms with E-state index in [0.29, 0.717) is 48.6 Å². The van der Waals surface area contributed by atoms with E-state index in [-0.39, 0.29) is 5.82 Å². The average Bonchev–Trinajstić information content (AvgIpc) is 3.32. The summed E-state index contributed by atoms with van der Waals surface area (Å²) < 4.78 is 25.1. The highest BCUT2D eigenvalue weighted by Gasteiger charge is 2.25. The lowest BCUT2D eigenvalue weighted by Gasteiger charge is -2.22. The van der Waals surface area contributed by atoms with Crippen molar-refractivity contribution in [1.29, 1.82) is 0 Å². The van der Waals surface area contributed by atoms with Crippen molar-refractivity contribution < 1.29 is 13.9 Å².